The van der Waals surface area contributed by atoms with Crippen molar-refractivity contribution in [1.82, 2.24) is 5.32 Å². The highest BCUT2D eigenvalue weighted by Gasteiger charge is 2.34. The summed E-state index contributed by atoms with van der Waals surface area (Å²) in [7, 11) is 0. The molecule has 0 bridgehead atoms. The summed E-state index contributed by atoms with van der Waals surface area (Å²) in [6, 6.07) is 6.67. The van der Waals surface area contributed by atoms with Gasteiger partial charge in [0, 0.05) is 6.04 Å². The molecule has 1 aromatic carbocycles. The minimum absolute atomic E-state index is 0.287. The molecule has 0 radical (unpaired) electrons. The average molecular weight is 264 g/mol. The van der Waals surface area contributed by atoms with Gasteiger partial charge in [0.15, 0.2) is 0 Å². The van der Waals surface area contributed by atoms with Crippen LogP contribution in [0.2, 0.25) is 0 Å². The van der Waals surface area contributed by atoms with Gasteiger partial charge in [-0.25, -0.2) is 4.39 Å². The summed E-state index contributed by atoms with van der Waals surface area (Å²) in [6.07, 6.45) is 4.94. The molecular formula is C15H21FN2O. The van der Waals surface area contributed by atoms with Gasteiger partial charge in [0.25, 0.3) is 0 Å². The predicted molar refractivity (Wildman–Crippen MR) is 73.1 cm³/mol. The normalized spacial score (nSPS) is 19.3. The lowest BCUT2D eigenvalue weighted by atomic mass is 9.90. The summed E-state index contributed by atoms with van der Waals surface area (Å²) >= 11 is 0. The fourth-order valence-corrected chi connectivity index (χ4v) is 2.79. The van der Waals surface area contributed by atoms with Crippen molar-refractivity contribution in [3.8, 4) is 0 Å². The van der Waals surface area contributed by atoms with Gasteiger partial charge in [0.1, 0.15) is 5.82 Å². The maximum atomic E-state index is 13.2. The van der Waals surface area contributed by atoms with E-state index in [-0.39, 0.29) is 11.7 Å². The Hall–Kier alpha value is -1.42. The summed E-state index contributed by atoms with van der Waals surface area (Å²) in [5.41, 5.74) is 5.51. The first-order valence-electron chi connectivity index (χ1n) is 6.82. The molecule has 1 aliphatic rings. The quantitative estimate of drug-likeness (QED) is 0.856. The third-order valence-corrected chi connectivity index (χ3v) is 3.87. The number of carbonyl (C=O) groups is 1. The second-order valence-corrected chi connectivity index (χ2v) is 5.63. The van der Waals surface area contributed by atoms with E-state index < -0.39 is 5.54 Å². The van der Waals surface area contributed by atoms with E-state index in [1.807, 2.05) is 6.07 Å². The molecule has 1 aromatic rings. The Balaban J connectivity index is 2.12. The molecule has 2 rings (SSSR count). The topological polar surface area (TPSA) is 55.1 Å². The van der Waals surface area contributed by atoms with Crippen LogP contribution in [-0.2, 0) is 11.2 Å². The van der Waals surface area contributed by atoms with Crippen LogP contribution >= 0.6 is 0 Å². The van der Waals surface area contributed by atoms with Crippen molar-refractivity contribution in [3.05, 3.63) is 35.6 Å². The highest BCUT2D eigenvalue weighted by atomic mass is 19.1. The van der Waals surface area contributed by atoms with Crippen LogP contribution in [-0.4, -0.2) is 17.5 Å². The average Bonchev–Trinajstić information content (AvgIpc) is 2.81. The highest BCUT2D eigenvalue weighted by molar-refractivity contribution is 5.84. The number of amides is 1. The van der Waals surface area contributed by atoms with Gasteiger partial charge in [-0.05, 0) is 43.9 Å². The first kappa shape index (κ1) is 14.0. The van der Waals surface area contributed by atoms with E-state index in [9.17, 15) is 9.18 Å². The Kier molecular flexibility index (Phi) is 4.20. The minimum atomic E-state index is -0.817. The molecule has 1 aliphatic carbocycles. The largest absolute Gasteiger partial charge is 0.368 e. The van der Waals surface area contributed by atoms with Gasteiger partial charge in [-0.1, -0.05) is 25.0 Å². The zero-order chi connectivity index (χ0) is 13.9. The highest BCUT2D eigenvalue weighted by Crippen LogP contribution is 2.22. The van der Waals surface area contributed by atoms with Crippen LogP contribution in [0.15, 0.2) is 24.3 Å². The van der Waals surface area contributed by atoms with E-state index in [1.165, 1.54) is 25.0 Å². The lowest BCUT2D eigenvalue weighted by molar-refractivity contribution is -0.124. The van der Waals surface area contributed by atoms with E-state index in [2.05, 4.69) is 5.32 Å². The van der Waals surface area contributed by atoms with Crippen molar-refractivity contribution in [1.29, 1.82) is 0 Å². The summed E-state index contributed by atoms with van der Waals surface area (Å²) in [5, 5.41) is 3.36. The lowest BCUT2D eigenvalue weighted by Gasteiger charge is -2.31. The van der Waals surface area contributed by atoms with Crippen LogP contribution in [0.1, 0.15) is 38.2 Å². The van der Waals surface area contributed by atoms with E-state index in [0.717, 1.165) is 18.4 Å². The van der Waals surface area contributed by atoms with Crippen LogP contribution in [0.3, 0.4) is 0 Å². The summed E-state index contributed by atoms with van der Waals surface area (Å²) in [6.45, 7) is 1.80. The maximum Gasteiger partial charge on any atom is 0.237 e. The van der Waals surface area contributed by atoms with Crippen LogP contribution in [0, 0.1) is 5.82 Å². The fraction of sp³-hybridized carbons (Fsp3) is 0.533. The first-order valence-corrected chi connectivity index (χ1v) is 6.82. The molecule has 4 heteroatoms. The van der Waals surface area contributed by atoms with E-state index >= 15 is 0 Å². The monoisotopic (exact) mass is 264 g/mol. The molecule has 1 fully saturated rings. The molecule has 1 amide bonds. The number of benzene rings is 1. The molecule has 0 heterocycles. The SMILES string of the molecule is CC(Cc1cccc(F)c1)(NC1CCCC1)C(N)=O. The molecule has 1 unspecified atom stereocenters. The number of carbonyl (C=O) groups excluding carboxylic acids is 1. The molecule has 19 heavy (non-hydrogen) atoms. The Morgan fingerprint density at radius 2 is 2.16 bits per heavy atom. The molecule has 0 aliphatic heterocycles. The minimum Gasteiger partial charge on any atom is -0.368 e. The Morgan fingerprint density at radius 1 is 1.47 bits per heavy atom. The molecular weight excluding hydrogens is 243 g/mol. The Labute approximate surface area is 113 Å². The second-order valence-electron chi connectivity index (χ2n) is 5.63. The van der Waals surface area contributed by atoms with Gasteiger partial charge in [0.05, 0.1) is 5.54 Å². The van der Waals surface area contributed by atoms with Gasteiger partial charge in [-0.15, -0.1) is 0 Å². The second kappa shape index (κ2) is 5.70. The number of rotatable bonds is 5. The third-order valence-electron chi connectivity index (χ3n) is 3.87. The van der Waals surface area contributed by atoms with E-state index in [4.69, 9.17) is 5.73 Å². The van der Waals surface area contributed by atoms with Crippen molar-refractivity contribution in [2.24, 2.45) is 5.73 Å². The molecule has 104 valence electrons. The molecule has 1 atom stereocenters. The van der Waals surface area contributed by atoms with Gasteiger partial charge in [0.2, 0.25) is 5.91 Å². The van der Waals surface area contributed by atoms with E-state index in [0.29, 0.717) is 12.5 Å². The van der Waals surface area contributed by atoms with E-state index in [1.54, 1.807) is 13.0 Å². The smallest absolute Gasteiger partial charge is 0.237 e. The Morgan fingerprint density at radius 3 is 2.74 bits per heavy atom. The fourth-order valence-electron chi connectivity index (χ4n) is 2.79. The van der Waals surface area contributed by atoms with Crippen molar-refractivity contribution >= 4 is 5.91 Å². The standard InChI is InChI=1S/C15H21FN2O/c1-15(14(17)19,18-13-7-2-3-8-13)10-11-5-4-6-12(16)9-11/h4-6,9,13,18H,2-3,7-8,10H2,1H3,(H2,17,19). The molecule has 0 spiro atoms. The van der Waals surface area contributed by atoms with Crippen molar-refractivity contribution in [2.75, 3.05) is 0 Å². The zero-order valence-corrected chi connectivity index (χ0v) is 11.3. The number of nitrogens with two attached hydrogens (primary N) is 1. The van der Waals surface area contributed by atoms with Gasteiger partial charge in [-0.3, -0.25) is 4.79 Å². The van der Waals surface area contributed by atoms with Gasteiger partial charge < -0.3 is 11.1 Å². The number of nitrogens with one attached hydrogen (secondary N) is 1. The van der Waals surface area contributed by atoms with Gasteiger partial charge >= 0.3 is 0 Å². The van der Waals surface area contributed by atoms with Crippen molar-refractivity contribution in [3.63, 3.8) is 0 Å². The number of primary amides is 1. The van der Waals surface area contributed by atoms with Crippen LogP contribution in [0.4, 0.5) is 4.39 Å². The van der Waals surface area contributed by atoms with Crippen LogP contribution < -0.4 is 11.1 Å². The van der Waals surface area contributed by atoms with Crippen molar-refractivity contribution in [2.45, 2.75) is 50.6 Å². The predicted octanol–water partition coefficient (Wildman–Crippen LogP) is 2.14. The molecule has 0 saturated heterocycles. The third kappa shape index (κ3) is 3.53. The molecule has 1 saturated carbocycles. The number of halogens is 1. The number of hydrogen-bond acceptors (Lipinski definition) is 2. The maximum absolute atomic E-state index is 13.2. The molecule has 3 N–H and O–H groups in total. The summed E-state index contributed by atoms with van der Waals surface area (Å²) < 4.78 is 13.2. The zero-order valence-electron chi connectivity index (χ0n) is 11.3. The summed E-state index contributed by atoms with van der Waals surface area (Å²) in [4.78, 5) is 11.8. The molecule has 3 nitrogen and oxygen atoms in total. The van der Waals surface area contributed by atoms with Crippen LogP contribution in [0.5, 0.6) is 0 Å². The van der Waals surface area contributed by atoms with Crippen molar-refractivity contribution < 1.29 is 9.18 Å². The first-order chi connectivity index (χ1) is 8.99. The Bertz CT molecular complexity index is 457. The lowest BCUT2D eigenvalue weighted by Crippen LogP contribution is -2.57. The number of hydrogen-bond donors (Lipinski definition) is 2. The van der Waals surface area contributed by atoms with Gasteiger partial charge in [-0.2, -0.15) is 0 Å². The van der Waals surface area contributed by atoms with Crippen LogP contribution in [0.25, 0.3) is 0 Å². The molecule has 0 aromatic heterocycles. The summed E-state index contributed by atoms with van der Waals surface area (Å²) in [5.74, 6) is -0.672.